The lowest BCUT2D eigenvalue weighted by Gasteiger charge is -2.42. The molecule has 11 heteroatoms. The number of aryl methyl sites for hydroxylation is 1. The fourth-order valence-electron chi connectivity index (χ4n) is 5.48. The van der Waals surface area contributed by atoms with E-state index in [-0.39, 0.29) is 24.5 Å². The number of fused-ring (bicyclic) bond motifs is 1. The zero-order valence-corrected chi connectivity index (χ0v) is 23.8. The molecule has 0 saturated carbocycles. The summed E-state index contributed by atoms with van der Waals surface area (Å²) < 4.78 is 12.7. The molecule has 2 saturated heterocycles. The maximum absolute atomic E-state index is 13.4. The summed E-state index contributed by atoms with van der Waals surface area (Å²) in [4.78, 5) is 34.9. The van der Waals surface area contributed by atoms with Crippen molar-refractivity contribution in [3.05, 3.63) is 30.0 Å². The van der Waals surface area contributed by atoms with E-state index >= 15 is 0 Å². The van der Waals surface area contributed by atoms with Gasteiger partial charge in [-0.05, 0) is 32.2 Å². The minimum absolute atomic E-state index is 0.0123. The third-order valence-electron chi connectivity index (χ3n) is 7.83. The lowest BCUT2D eigenvalue weighted by atomic mass is 10.1. The van der Waals surface area contributed by atoms with Gasteiger partial charge in [0.2, 0.25) is 5.91 Å². The highest BCUT2D eigenvalue weighted by molar-refractivity contribution is 5.99. The van der Waals surface area contributed by atoms with E-state index in [1.807, 2.05) is 45.7 Å². The summed E-state index contributed by atoms with van der Waals surface area (Å²) in [6, 6.07) is 8.28. The number of likely N-dealkylation sites (N-methyl/N-ethyl adjacent to an activating group) is 1. The maximum atomic E-state index is 13.4. The van der Waals surface area contributed by atoms with Gasteiger partial charge in [-0.1, -0.05) is 0 Å². The normalized spacial score (nSPS) is 20.7. The van der Waals surface area contributed by atoms with Crippen molar-refractivity contribution in [2.75, 3.05) is 92.9 Å². The first-order chi connectivity index (χ1) is 18.8. The van der Waals surface area contributed by atoms with Crippen molar-refractivity contribution in [2.24, 2.45) is 7.05 Å². The number of methoxy groups -OCH3 is 1. The van der Waals surface area contributed by atoms with E-state index < -0.39 is 0 Å². The Bertz CT molecular complexity index is 1120. The second kappa shape index (κ2) is 13.6. The number of rotatable bonds is 11. The predicted octanol–water partition coefficient (Wildman–Crippen LogP) is 0.0743. The van der Waals surface area contributed by atoms with Gasteiger partial charge in [-0.25, -0.2) is 0 Å². The molecule has 2 aromatic rings. The van der Waals surface area contributed by atoms with E-state index in [9.17, 15) is 9.59 Å². The topological polar surface area (TPSA) is 103 Å². The number of carbonyl (C=O) groups is 2. The van der Waals surface area contributed by atoms with Gasteiger partial charge in [0.05, 0.1) is 39.0 Å². The summed E-state index contributed by atoms with van der Waals surface area (Å²) in [5, 5.41) is 13.4. The van der Waals surface area contributed by atoms with E-state index in [4.69, 9.17) is 14.6 Å². The van der Waals surface area contributed by atoms with Crippen LogP contribution in [0.2, 0.25) is 0 Å². The van der Waals surface area contributed by atoms with Crippen LogP contribution in [0.25, 0.3) is 10.9 Å². The Morgan fingerprint density at radius 2 is 1.87 bits per heavy atom. The highest BCUT2D eigenvalue weighted by Crippen LogP contribution is 2.25. The predicted molar refractivity (Wildman–Crippen MR) is 150 cm³/mol. The quantitative estimate of drug-likeness (QED) is 0.384. The number of aliphatic hydroxyl groups excluding tert-OH is 1. The largest absolute Gasteiger partial charge is 0.497 e. The van der Waals surface area contributed by atoms with Crippen molar-refractivity contribution in [3.63, 3.8) is 0 Å². The lowest BCUT2D eigenvalue weighted by Crippen LogP contribution is -2.61. The van der Waals surface area contributed by atoms with Crippen LogP contribution in [0.15, 0.2) is 24.3 Å². The number of piperazine rings is 2. The Morgan fingerprint density at radius 3 is 2.59 bits per heavy atom. The van der Waals surface area contributed by atoms with Gasteiger partial charge < -0.3 is 39.2 Å². The molecule has 2 atom stereocenters. The summed E-state index contributed by atoms with van der Waals surface area (Å²) in [7, 11) is 5.60. The van der Waals surface area contributed by atoms with Crippen molar-refractivity contribution < 1.29 is 24.2 Å². The number of nitrogens with one attached hydrogen (secondary N) is 1. The second-order valence-electron chi connectivity index (χ2n) is 10.7. The lowest BCUT2D eigenvalue weighted by molar-refractivity contribution is -0.135. The maximum Gasteiger partial charge on any atom is 0.270 e. The molecule has 0 bridgehead atoms. The van der Waals surface area contributed by atoms with E-state index in [0.29, 0.717) is 57.7 Å². The van der Waals surface area contributed by atoms with E-state index in [0.717, 1.165) is 42.8 Å². The van der Waals surface area contributed by atoms with Gasteiger partial charge in [0.1, 0.15) is 11.4 Å². The van der Waals surface area contributed by atoms with Crippen molar-refractivity contribution in [2.45, 2.75) is 19.0 Å². The first kappa shape index (κ1) is 29.3. The van der Waals surface area contributed by atoms with Gasteiger partial charge in [0.15, 0.2) is 0 Å². The van der Waals surface area contributed by atoms with Gasteiger partial charge >= 0.3 is 0 Å². The van der Waals surface area contributed by atoms with Gasteiger partial charge in [-0.2, -0.15) is 0 Å². The molecule has 2 amide bonds. The molecule has 3 heterocycles. The molecule has 0 radical (unpaired) electrons. The standard InChI is InChI=1S/C28H44N6O5/c1-21-18-34(23(17-29-21)19-30(2)11-13-39-14-12-35)20-27(36)32-7-9-33(10-8-32)28(37)26-15-22-5-6-24(38-4)16-25(22)31(26)3/h5-6,15-16,21,23,29,35H,7-14,17-20H2,1-4H3/t21-,23-/m1/s1. The number of benzene rings is 1. The molecule has 0 unspecified atom stereocenters. The van der Waals surface area contributed by atoms with E-state index in [1.54, 1.807) is 7.11 Å². The highest BCUT2D eigenvalue weighted by atomic mass is 16.5. The second-order valence-corrected chi connectivity index (χ2v) is 10.7. The van der Waals surface area contributed by atoms with Crippen LogP contribution < -0.4 is 10.1 Å². The molecule has 39 heavy (non-hydrogen) atoms. The molecule has 1 aromatic carbocycles. The molecule has 1 aromatic heterocycles. The van der Waals surface area contributed by atoms with Crippen molar-refractivity contribution in [1.82, 2.24) is 29.5 Å². The zero-order valence-electron chi connectivity index (χ0n) is 23.8. The van der Waals surface area contributed by atoms with Gasteiger partial charge in [-0.15, -0.1) is 0 Å². The van der Waals surface area contributed by atoms with Crippen LogP contribution in [0.5, 0.6) is 5.75 Å². The van der Waals surface area contributed by atoms with Crippen LogP contribution in [-0.4, -0.2) is 146 Å². The minimum Gasteiger partial charge on any atom is -0.497 e. The Labute approximate surface area is 231 Å². The summed E-state index contributed by atoms with van der Waals surface area (Å²) in [6.07, 6.45) is 0. The zero-order chi connectivity index (χ0) is 27.9. The van der Waals surface area contributed by atoms with Gasteiger partial charge in [-0.3, -0.25) is 14.5 Å². The van der Waals surface area contributed by atoms with Crippen molar-refractivity contribution in [3.8, 4) is 5.75 Å². The Hall–Kier alpha value is -2.70. The first-order valence-corrected chi connectivity index (χ1v) is 13.9. The molecule has 4 rings (SSSR count). The van der Waals surface area contributed by atoms with E-state index in [2.05, 4.69) is 29.1 Å². The number of amides is 2. The van der Waals surface area contributed by atoms with Gasteiger partial charge in [0, 0.05) is 82.9 Å². The molecular weight excluding hydrogens is 500 g/mol. The molecule has 0 spiro atoms. The number of hydrogen-bond acceptors (Lipinski definition) is 8. The van der Waals surface area contributed by atoms with Crippen LogP contribution in [0.4, 0.5) is 0 Å². The van der Waals surface area contributed by atoms with E-state index in [1.165, 1.54) is 0 Å². The third-order valence-corrected chi connectivity index (χ3v) is 7.83. The molecule has 216 valence electrons. The first-order valence-electron chi connectivity index (χ1n) is 13.9. The van der Waals surface area contributed by atoms with Crippen LogP contribution in [0, 0.1) is 0 Å². The Morgan fingerprint density at radius 1 is 1.13 bits per heavy atom. The number of aliphatic hydroxyl groups is 1. The number of aromatic nitrogens is 1. The van der Waals surface area contributed by atoms with Crippen LogP contribution in [0.3, 0.4) is 0 Å². The molecule has 0 aliphatic carbocycles. The number of ether oxygens (including phenoxy) is 2. The van der Waals surface area contributed by atoms with Crippen LogP contribution in [-0.2, 0) is 16.6 Å². The number of carbonyl (C=O) groups excluding carboxylic acids is 2. The molecule has 2 fully saturated rings. The number of hydrogen-bond donors (Lipinski definition) is 2. The van der Waals surface area contributed by atoms with Crippen LogP contribution in [0.1, 0.15) is 17.4 Å². The number of nitrogens with zero attached hydrogens (tertiary/aromatic N) is 5. The molecule has 2 N–H and O–H groups in total. The van der Waals surface area contributed by atoms with Gasteiger partial charge in [0.25, 0.3) is 5.91 Å². The third kappa shape index (κ3) is 7.29. The fraction of sp³-hybridized carbons (Fsp3) is 0.643. The average Bonchev–Trinajstić information content (AvgIpc) is 3.27. The van der Waals surface area contributed by atoms with Crippen LogP contribution >= 0.6 is 0 Å². The monoisotopic (exact) mass is 544 g/mol. The summed E-state index contributed by atoms with van der Waals surface area (Å²) >= 11 is 0. The SMILES string of the molecule is COc1ccc2cc(C(=O)N3CCN(C(=O)CN4C[C@@H](C)NC[C@@H]4CN(C)CCOCCO)CC3)n(C)c2c1. The van der Waals surface area contributed by atoms with Crippen molar-refractivity contribution >= 4 is 22.7 Å². The minimum atomic E-state index is -0.0123. The summed E-state index contributed by atoms with van der Waals surface area (Å²) in [5.41, 5.74) is 1.59. The average molecular weight is 545 g/mol. The smallest absolute Gasteiger partial charge is 0.270 e. The Kier molecular flexibility index (Phi) is 10.2. The highest BCUT2D eigenvalue weighted by Gasteiger charge is 2.31. The molecular formula is C28H44N6O5. The van der Waals surface area contributed by atoms with Crippen molar-refractivity contribution in [1.29, 1.82) is 0 Å². The molecule has 11 nitrogen and oxygen atoms in total. The molecule has 2 aliphatic heterocycles. The Balaban J connectivity index is 1.30. The summed E-state index contributed by atoms with van der Waals surface area (Å²) in [6.45, 7) is 8.85. The molecule has 2 aliphatic rings. The fourth-order valence-corrected chi connectivity index (χ4v) is 5.48. The summed E-state index contributed by atoms with van der Waals surface area (Å²) in [5.74, 6) is 0.864.